The normalized spacial score (nSPS) is 18.4. The van der Waals surface area contributed by atoms with Gasteiger partial charge < -0.3 is 10.6 Å². The topological polar surface area (TPSA) is 39.7 Å². The van der Waals surface area contributed by atoms with E-state index >= 15 is 0 Å². The first kappa shape index (κ1) is 19.8. The van der Waals surface area contributed by atoms with Crippen molar-refractivity contribution in [2.24, 2.45) is 10.9 Å². The molecule has 2 heterocycles. The number of nitrogens with zero attached hydrogens (tertiary/aromatic N) is 2. The van der Waals surface area contributed by atoms with E-state index in [9.17, 15) is 4.39 Å². The number of rotatable bonds is 7. The van der Waals surface area contributed by atoms with E-state index in [1.165, 1.54) is 36.4 Å². The van der Waals surface area contributed by atoms with E-state index in [0.29, 0.717) is 5.92 Å². The van der Waals surface area contributed by atoms with Crippen LogP contribution >= 0.6 is 11.3 Å². The van der Waals surface area contributed by atoms with Crippen molar-refractivity contribution in [2.75, 3.05) is 33.2 Å². The van der Waals surface area contributed by atoms with Crippen molar-refractivity contribution in [3.63, 3.8) is 0 Å². The molecule has 0 radical (unpaired) electrons. The molecule has 0 saturated carbocycles. The molecule has 3 rings (SSSR count). The smallest absolute Gasteiger partial charge is 0.190 e. The van der Waals surface area contributed by atoms with Gasteiger partial charge >= 0.3 is 0 Å². The highest BCUT2D eigenvalue weighted by molar-refractivity contribution is 7.09. The van der Waals surface area contributed by atoms with Crippen LogP contribution in [-0.2, 0) is 13.0 Å². The van der Waals surface area contributed by atoms with Crippen LogP contribution in [-0.4, -0.2) is 44.1 Å². The minimum absolute atomic E-state index is 0.190. The van der Waals surface area contributed by atoms with E-state index in [0.717, 1.165) is 44.1 Å². The third kappa shape index (κ3) is 6.63. The maximum atomic E-state index is 13.0. The van der Waals surface area contributed by atoms with Crippen molar-refractivity contribution in [3.05, 3.63) is 58.0 Å². The van der Waals surface area contributed by atoms with E-state index in [1.54, 1.807) is 7.05 Å². The summed E-state index contributed by atoms with van der Waals surface area (Å²) in [5.41, 5.74) is 1.12. The van der Waals surface area contributed by atoms with Gasteiger partial charge in [0.2, 0.25) is 0 Å². The van der Waals surface area contributed by atoms with Crippen molar-refractivity contribution >= 4 is 17.3 Å². The number of hydrogen-bond acceptors (Lipinski definition) is 3. The molecule has 0 bridgehead atoms. The van der Waals surface area contributed by atoms with Gasteiger partial charge in [-0.25, -0.2) is 4.39 Å². The van der Waals surface area contributed by atoms with Crippen LogP contribution in [0.2, 0.25) is 0 Å². The fourth-order valence-corrected chi connectivity index (χ4v) is 4.27. The summed E-state index contributed by atoms with van der Waals surface area (Å²) in [5, 5.41) is 8.97. The first-order valence-electron chi connectivity index (χ1n) is 9.66. The monoisotopic (exact) mass is 388 g/mol. The highest BCUT2D eigenvalue weighted by Crippen LogP contribution is 2.19. The molecule has 0 aliphatic carbocycles. The lowest BCUT2D eigenvalue weighted by Gasteiger charge is -2.32. The zero-order valence-electron chi connectivity index (χ0n) is 16.0. The number of nitrogens with one attached hydrogen (secondary N) is 2. The number of likely N-dealkylation sites (tertiary alicyclic amines) is 1. The standard InChI is InChI=1S/C21H29FN4S/c1-23-21(24-11-10-17-6-8-19(22)9-7-17)25-14-18-4-2-12-26(15-18)16-20-5-3-13-27-20/h3,5-9,13,18H,2,4,10-12,14-16H2,1H3,(H2,23,24,25). The van der Waals surface area contributed by atoms with Crippen LogP contribution < -0.4 is 10.6 Å². The van der Waals surface area contributed by atoms with Gasteiger partial charge in [0.05, 0.1) is 0 Å². The Kier molecular flexibility index (Phi) is 7.66. The zero-order chi connectivity index (χ0) is 18.9. The number of halogens is 1. The number of thiophene rings is 1. The molecule has 1 aliphatic rings. The molecular weight excluding hydrogens is 359 g/mol. The van der Waals surface area contributed by atoms with Crippen molar-refractivity contribution in [3.8, 4) is 0 Å². The number of hydrogen-bond donors (Lipinski definition) is 2. The second-order valence-electron chi connectivity index (χ2n) is 7.08. The molecule has 1 aromatic heterocycles. The Morgan fingerprint density at radius 2 is 2.11 bits per heavy atom. The van der Waals surface area contributed by atoms with E-state index in [4.69, 9.17) is 0 Å². The van der Waals surface area contributed by atoms with Gasteiger partial charge in [0.15, 0.2) is 5.96 Å². The van der Waals surface area contributed by atoms with Crippen molar-refractivity contribution in [1.82, 2.24) is 15.5 Å². The molecule has 2 N–H and O–H groups in total. The summed E-state index contributed by atoms with van der Waals surface area (Å²) < 4.78 is 13.0. The molecule has 4 nitrogen and oxygen atoms in total. The molecule has 1 aliphatic heterocycles. The molecule has 1 unspecified atom stereocenters. The van der Waals surface area contributed by atoms with Gasteiger partial charge in [-0.2, -0.15) is 0 Å². The van der Waals surface area contributed by atoms with E-state index < -0.39 is 0 Å². The SMILES string of the molecule is CN=C(NCCc1ccc(F)cc1)NCC1CCCN(Cc2cccs2)C1. The van der Waals surface area contributed by atoms with Crippen LogP contribution in [0.25, 0.3) is 0 Å². The summed E-state index contributed by atoms with van der Waals surface area (Å²) in [4.78, 5) is 8.33. The lowest BCUT2D eigenvalue weighted by Crippen LogP contribution is -2.44. The molecular formula is C21H29FN4S. The Balaban J connectivity index is 1.37. The first-order valence-corrected chi connectivity index (χ1v) is 10.5. The number of guanidine groups is 1. The summed E-state index contributed by atoms with van der Waals surface area (Å²) in [6.07, 6.45) is 3.37. The van der Waals surface area contributed by atoms with Gasteiger partial charge in [-0.1, -0.05) is 18.2 Å². The Morgan fingerprint density at radius 1 is 1.26 bits per heavy atom. The van der Waals surface area contributed by atoms with E-state index in [1.807, 2.05) is 23.5 Å². The number of piperidine rings is 1. The lowest BCUT2D eigenvalue weighted by molar-refractivity contribution is 0.169. The molecule has 0 spiro atoms. The molecule has 0 amide bonds. The summed E-state index contributed by atoms with van der Waals surface area (Å²) in [6.45, 7) is 5.12. The predicted molar refractivity (Wildman–Crippen MR) is 112 cm³/mol. The number of benzene rings is 1. The summed E-state index contributed by atoms with van der Waals surface area (Å²) >= 11 is 1.84. The molecule has 146 valence electrons. The molecule has 6 heteroatoms. The second-order valence-corrected chi connectivity index (χ2v) is 8.11. The van der Waals surface area contributed by atoms with Crippen molar-refractivity contribution in [2.45, 2.75) is 25.8 Å². The van der Waals surface area contributed by atoms with Crippen LogP contribution in [0, 0.1) is 11.7 Å². The van der Waals surface area contributed by atoms with Crippen LogP contribution in [0.15, 0.2) is 46.8 Å². The van der Waals surface area contributed by atoms with Gasteiger partial charge in [0.1, 0.15) is 5.82 Å². The van der Waals surface area contributed by atoms with Crippen LogP contribution in [0.5, 0.6) is 0 Å². The van der Waals surface area contributed by atoms with Crippen LogP contribution in [0.1, 0.15) is 23.3 Å². The third-order valence-electron chi connectivity index (χ3n) is 4.96. The van der Waals surface area contributed by atoms with E-state index in [2.05, 4.69) is 38.0 Å². The molecule has 27 heavy (non-hydrogen) atoms. The van der Waals surface area contributed by atoms with Crippen molar-refractivity contribution < 1.29 is 4.39 Å². The molecule has 2 aromatic rings. The maximum absolute atomic E-state index is 13.0. The molecule has 1 atom stereocenters. The predicted octanol–water partition coefficient (Wildman–Crippen LogP) is 3.51. The molecule has 1 fully saturated rings. The average Bonchev–Trinajstić information content (AvgIpc) is 3.19. The van der Waals surface area contributed by atoms with Gasteiger partial charge in [0, 0.05) is 38.1 Å². The first-order chi connectivity index (χ1) is 13.2. The van der Waals surface area contributed by atoms with Crippen LogP contribution in [0.4, 0.5) is 4.39 Å². The number of aliphatic imine (C=N–C) groups is 1. The third-order valence-corrected chi connectivity index (χ3v) is 5.82. The fraction of sp³-hybridized carbons (Fsp3) is 0.476. The van der Waals surface area contributed by atoms with Gasteiger partial charge in [-0.3, -0.25) is 9.89 Å². The quantitative estimate of drug-likeness (QED) is 0.563. The minimum atomic E-state index is -0.190. The van der Waals surface area contributed by atoms with Gasteiger partial charge in [-0.15, -0.1) is 11.3 Å². The molecule has 1 aromatic carbocycles. The van der Waals surface area contributed by atoms with Crippen LogP contribution in [0.3, 0.4) is 0 Å². The van der Waals surface area contributed by atoms with Gasteiger partial charge in [0.25, 0.3) is 0 Å². The second kappa shape index (κ2) is 10.4. The van der Waals surface area contributed by atoms with E-state index in [-0.39, 0.29) is 5.82 Å². The summed E-state index contributed by atoms with van der Waals surface area (Å²) in [6, 6.07) is 11.0. The zero-order valence-corrected chi connectivity index (χ0v) is 16.8. The fourth-order valence-electron chi connectivity index (χ4n) is 3.52. The Hall–Kier alpha value is -1.92. The largest absolute Gasteiger partial charge is 0.356 e. The Labute approximate surface area is 165 Å². The highest BCUT2D eigenvalue weighted by atomic mass is 32.1. The lowest BCUT2D eigenvalue weighted by atomic mass is 9.98. The maximum Gasteiger partial charge on any atom is 0.190 e. The Bertz CT molecular complexity index is 699. The minimum Gasteiger partial charge on any atom is -0.356 e. The Morgan fingerprint density at radius 3 is 2.85 bits per heavy atom. The highest BCUT2D eigenvalue weighted by Gasteiger charge is 2.20. The average molecular weight is 389 g/mol. The van der Waals surface area contributed by atoms with Crippen molar-refractivity contribution in [1.29, 1.82) is 0 Å². The molecule has 1 saturated heterocycles. The summed E-state index contributed by atoms with van der Waals surface area (Å²) in [7, 11) is 1.80. The van der Waals surface area contributed by atoms with Gasteiger partial charge in [-0.05, 0) is 60.9 Å². The summed E-state index contributed by atoms with van der Waals surface area (Å²) in [5.74, 6) is 1.30.